The van der Waals surface area contributed by atoms with Crippen molar-refractivity contribution >= 4 is 5.78 Å². The molecule has 0 bridgehead atoms. The second kappa shape index (κ2) is 5.08. The van der Waals surface area contributed by atoms with Crippen molar-refractivity contribution in [3.8, 4) is 0 Å². The Bertz CT molecular complexity index is 544. The molecule has 1 nitrogen and oxygen atoms in total. The van der Waals surface area contributed by atoms with Crippen LogP contribution in [0.4, 0.5) is 8.78 Å². The number of ketones is 1. The van der Waals surface area contributed by atoms with Crippen molar-refractivity contribution in [1.82, 2.24) is 0 Å². The van der Waals surface area contributed by atoms with Gasteiger partial charge in [-0.05, 0) is 30.2 Å². The van der Waals surface area contributed by atoms with Crippen LogP contribution in [0.2, 0.25) is 0 Å². The number of hydrogen-bond donors (Lipinski definition) is 0. The van der Waals surface area contributed by atoms with Crippen molar-refractivity contribution in [2.75, 3.05) is 0 Å². The summed E-state index contributed by atoms with van der Waals surface area (Å²) in [6, 6.07) is 12.1. The molecule has 0 fully saturated rings. The Balaban J connectivity index is 2.52. The summed E-state index contributed by atoms with van der Waals surface area (Å²) < 4.78 is 26.4. The van der Waals surface area contributed by atoms with Gasteiger partial charge in [0.1, 0.15) is 17.4 Å². The summed E-state index contributed by atoms with van der Waals surface area (Å²) >= 11 is 0. The molecule has 0 aliphatic carbocycles. The molecule has 0 heterocycles. The summed E-state index contributed by atoms with van der Waals surface area (Å²) in [6.07, 6.45) is 0. The van der Waals surface area contributed by atoms with Crippen LogP contribution in [-0.2, 0) is 4.79 Å². The van der Waals surface area contributed by atoms with Crippen LogP contribution in [0.1, 0.15) is 24.0 Å². The zero-order valence-electron chi connectivity index (χ0n) is 9.86. The minimum Gasteiger partial charge on any atom is -0.299 e. The quantitative estimate of drug-likeness (QED) is 0.807. The highest BCUT2D eigenvalue weighted by molar-refractivity contribution is 5.86. The van der Waals surface area contributed by atoms with Gasteiger partial charge in [-0.3, -0.25) is 4.79 Å². The molecule has 0 spiro atoms. The first-order chi connectivity index (χ1) is 8.58. The molecular weight excluding hydrogens is 234 g/mol. The van der Waals surface area contributed by atoms with Gasteiger partial charge in [-0.2, -0.15) is 0 Å². The van der Waals surface area contributed by atoms with Crippen LogP contribution in [-0.4, -0.2) is 5.78 Å². The molecule has 0 saturated carbocycles. The van der Waals surface area contributed by atoms with E-state index in [1.54, 1.807) is 24.3 Å². The molecule has 0 amide bonds. The maximum Gasteiger partial charge on any atom is 0.141 e. The first-order valence-corrected chi connectivity index (χ1v) is 5.59. The standard InChI is InChI=1S/C15H12F2O/c1-10(18)15(11-5-3-2-4-6-11)12-7-13(16)9-14(17)8-12/h2-9,15H,1H3. The van der Waals surface area contributed by atoms with Gasteiger partial charge in [0.15, 0.2) is 0 Å². The smallest absolute Gasteiger partial charge is 0.141 e. The molecule has 2 aromatic carbocycles. The Kier molecular flexibility index (Phi) is 3.51. The van der Waals surface area contributed by atoms with E-state index in [-0.39, 0.29) is 5.78 Å². The van der Waals surface area contributed by atoms with Gasteiger partial charge in [0.05, 0.1) is 5.92 Å². The van der Waals surface area contributed by atoms with Crippen LogP contribution in [0.3, 0.4) is 0 Å². The zero-order chi connectivity index (χ0) is 13.1. The highest BCUT2D eigenvalue weighted by Crippen LogP contribution is 2.26. The molecule has 0 N–H and O–H groups in total. The Labute approximate surface area is 104 Å². The van der Waals surface area contributed by atoms with Crippen LogP contribution < -0.4 is 0 Å². The van der Waals surface area contributed by atoms with Crippen LogP contribution in [0.15, 0.2) is 48.5 Å². The van der Waals surface area contributed by atoms with Crippen LogP contribution in [0.25, 0.3) is 0 Å². The molecule has 1 atom stereocenters. The van der Waals surface area contributed by atoms with Gasteiger partial charge in [0.25, 0.3) is 0 Å². The fourth-order valence-electron chi connectivity index (χ4n) is 2.05. The summed E-state index contributed by atoms with van der Waals surface area (Å²) in [7, 11) is 0. The maximum absolute atomic E-state index is 13.2. The molecule has 3 heteroatoms. The van der Waals surface area contributed by atoms with Gasteiger partial charge >= 0.3 is 0 Å². The van der Waals surface area contributed by atoms with Gasteiger partial charge in [-0.15, -0.1) is 0 Å². The molecule has 92 valence electrons. The average molecular weight is 246 g/mol. The van der Waals surface area contributed by atoms with E-state index in [4.69, 9.17) is 0 Å². The number of Topliss-reactive ketones (excluding diaryl/α,β-unsaturated/α-hetero) is 1. The van der Waals surface area contributed by atoms with E-state index in [9.17, 15) is 13.6 Å². The highest BCUT2D eigenvalue weighted by Gasteiger charge is 2.20. The van der Waals surface area contributed by atoms with E-state index in [2.05, 4.69) is 0 Å². The Hall–Kier alpha value is -2.03. The van der Waals surface area contributed by atoms with E-state index < -0.39 is 17.6 Å². The molecule has 1 unspecified atom stereocenters. The summed E-state index contributed by atoms with van der Waals surface area (Å²) in [5, 5.41) is 0. The first-order valence-electron chi connectivity index (χ1n) is 5.59. The highest BCUT2D eigenvalue weighted by atomic mass is 19.1. The van der Waals surface area contributed by atoms with Gasteiger partial charge in [0, 0.05) is 6.07 Å². The maximum atomic E-state index is 13.2. The fourth-order valence-corrected chi connectivity index (χ4v) is 2.05. The number of carbonyl (C=O) groups excluding carboxylic acids is 1. The van der Waals surface area contributed by atoms with Crippen LogP contribution in [0.5, 0.6) is 0 Å². The van der Waals surface area contributed by atoms with Crippen molar-refractivity contribution in [3.05, 3.63) is 71.3 Å². The molecule has 0 saturated heterocycles. The number of benzene rings is 2. The first kappa shape index (κ1) is 12.4. The van der Waals surface area contributed by atoms with Crippen molar-refractivity contribution in [2.45, 2.75) is 12.8 Å². The third kappa shape index (κ3) is 2.62. The molecule has 2 aromatic rings. The normalized spacial score (nSPS) is 12.2. The molecule has 0 radical (unpaired) electrons. The molecule has 18 heavy (non-hydrogen) atoms. The summed E-state index contributed by atoms with van der Waals surface area (Å²) in [5.41, 5.74) is 1.07. The summed E-state index contributed by atoms with van der Waals surface area (Å²) in [5.74, 6) is -2.12. The third-order valence-electron chi connectivity index (χ3n) is 2.76. The Morgan fingerprint density at radius 3 is 2.00 bits per heavy atom. The lowest BCUT2D eigenvalue weighted by atomic mass is 9.88. The molecule has 2 rings (SSSR count). The third-order valence-corrected chi connectivity index (χ3v) is 2.76. The van der Waals surface area contributed by atoms with Crippen LogP contribution >= 0.6 is 0 Å². The Morgan fingerprint density at radius 2 is 1.50 bits per heavy atom. The van der Waals surface area contributed by atoms with Crippen molar-refractivity contribution in [3.63, 3.8) is 0 Å². The SMILES string of the molecule is CC(=O)C(c1ccccc1)c1cc(F)cc(F)c1. The predicted octanol–water partition coefficient (Wildman–Crippen LogP) is 3.69. The zero-order valence-corrected chi connectivity index (χ0v) is 9.86. The molecule has 0 aliphatic heterocycles. The van der Waals surface area contributed by atoms with Crippen molar-refractivity contribution in [1.29, 1.82) is 0 Å². The second-order valence-electron chi connectivity index (χ2n) is 4.16. The van der Waals surface area contributed by atoms with E-state index in [0.717, 1.165) is 11.6 Å². The van der Waals surface area contributed by atoms with Crippen molar-refractivity contribution in [2.24, 2.45) is 0 Å². The second-order valence-corrected chi connectivity index (χ2v) is 4.16. The number of carbonyl (C=O) groups is 1. The molecule has 0 aliphatic rings. The Morgan fingerprint density at radius 1 is 0.944 bits per heavy atom. The number of rotatable bonds is 3. The van der Waals surface area contributed by atoms with E-state index in [0.29, 0.717) is 5.56 Å². The molecule has 0 aromatic heterocycles. The van der Waals surface area contributed by atoms with E-state index in [1.165, 1.54) is 19.1 Å². The number of hydrogen-bond acceptors (Lipinski definition) is 1. The van der Waals surface area contributed by atoms with Crippen molar-refractivity contribution < 1.29 is 13.6 Å². The average Bonchev–Trinajstić information content (AvgIpc) is 2.28. The lowest BCUT2D eigenvalue weighted by Crippen LogP contribution is -2.11. The van der Waals surface area contributed by atoms with Gasteiger partial charge in [-0.1, -0.05) is 30.3 Å². The molecular formula is C15H12F2O. The monoisotopic (exact) mass is 246 g/mol. The summed E-state index contributed by atoms with van der Waals surface area (Å²) in [4.78, 5) is 11.7. The van der Waals surface area contributed by atoms with Gasteiger partial charge in [0.2, 0.25) is 0 Å². The lowest BCUT2D eigenvalue weighted by molar-refractivity contribution is -0.117. The predicted molar refractivity (Wildman–Crippen MR) is 65.3 cm³/mol. The largest absolute Gasteiger partial charge is 0.299 e. The van der Waals surface area contributed by atoms with Gasteiger partial charge < -0.3 is 0 Å². The topological polar surface area (TPSA) is 17.1 Å². The van der Waals surface area contributed by atoms with E-state index in [1.807, 2.05) is 6.07 Å². The van der Waals surface area contributed by atoms with Crippen LogP contribution in [0, 0.1) is 11.6 Å². The van der Waals surface area contributed by atoms with Gasteiger partial charge in [-0.25, -0.2) is 8.78 Å². The minimum atomic E-state index is -0.674. The number of halogens is 2. The minimum absolute atomic E-state index is 0.147. The fraction of sp³-hybridized carbons (Fsp3) is 0.133. The summed E-state index contributed by atoms with van der Waals surface area (Å²) in [6.45, 7) is 1.42. The lowest BCUT2D eigenvalue weighted by Gasteiger charge is -2.15. The van der Waals surface area contributed by atoms with E-state index >= 15 is 0 Å².